The van der Waals surface area contributed by atoms with Crippen LogP contribution in [-0.2, 0) is 11.0 Å². The summed E-state index contributed by atoms with van der Waals surface area (Å²) in [7, 11) is 0. The molecule has 0 radical (unpaired) electrons. The number of amides is 1. The summed E-state index contributed by atoms with van der Waals surface area (Å²) in [5, 5.41) is 3.22. The fourth-order valence-electron chi connectivity index (χ4n) is 7.07. The highest BCUT2D eigenvalue weighted by Crippen LogP contribution is 2.55. The summed E-state index contributed by atoms with van der Waals surface area (Å²) in [5.74, 6) is 0.613. The van der Waals surface area contributed by atoms with Gasteiger partial charge in [-0.05, 0) is 74.0 Å². The number of hydrogen-bond acceptors (Lipinski definition) is 4. The molecule has 2 aromatic carbocycles. The average molecular weight is 498 g/mol. The minimum absolute atomic E-state index is 0.00669. The minimum atomic E-state index is -4.87. The number of fused-ring (bicyclic) bond motifs is 1. The lowest BCUT2D eigenvalue weighted by atomic mass is 9.53. The van der Waals surface area contributed by atoms with Crippen molar-refractivity contribution in [3.63, 3.8) is 0 Å². The van der Waals surface area contributed by atoms with Gasteiger partial charge in [-0.1, -0.05) is 30.3 Å². The van der Waals surface area contributed by atoms with Gasteiger partial charge in [0.05, 0.1) is 10.9 Å². The summed E-state index contributed by atoms with van der Waals surface area (Å²) in [6.45, 7) is -0.258. The van der Waals surface area contributed by atoms with Crippen molar-refractivity contribution in [3.8, 4) is 16.9 Å². The van der Waals surface area contributed by atoms with Crippen LogP contribution in [0.4, 0.5) is 13.2 Å². The van der Waals surface area contributed by atoms with E-state index in [4.69, 9.17) is 9.15 Å². The Morgan fingerprint density at radius 3 is 2.25 bits per heavy atom. The van der Waals surface area contributed by atoms with Crippen LogP contribution in [0, 0.1) is 17.8 Å². The largest absolute Gasteiger partial charge is 0.484 e. The molecular formula is C28H26F3NO4. The Morgan fingerprint density at radius 1 is 1.00 bits per heavy atom. The third kappa shape index (κ3) is 4.16. The Morgan fingerprint density at radius 2 is 1.64 bits per heavy atom. The number of hydrogen-bond donors (Lipinski definition) is 1. The second kappa shape index (κ2) is 8.39. The molecule has 1 aromatic heterocycles. The van der Waals surface area contributed by atoms with Crippen LogP contribution < -0.4 is 15.5 Å². The van der Waals surface area contributed by atoms with E-state index in [1.54, 1.807) is 18.2 Å². The van der Waals surface area contributed by atoms with E-state index >= 15 is 0 Å². The zero-order chi connectivity index (χ0) is 25.1. The molecule has 1 amide bonds. The molecule has 188 valence electrons. The highest BCUT2D eigenvalue weighted by molar-refractivity contribution is 5.84. The average Bonchev–Trinajstić information content (AvgIpc) is 2.81. The van der Waals surface area contributed by atoms with Crippen LogP contribution in [0.25, 0.3) is 22.1 Å². The van der Waals surface area contributed by atoms with Crippen LogP contribution in [-0.4, -0.2) is 18.1 Å². The zero-order valence-corrected chi connectivity index (χ0v) is 19.6. The first kappa shape index (κ1) is 23.1. The van der Waals surface area contributed by atoms with E-state index in [0.29, 0.717) is 17.8 Å². The number of nitrogens with one attached hydrogen (secondary N) is 1. The summed E-state index contributed by atoms with van der Waals surface area (Å²) >= 11 is 0. The number of rotatable bonds is 5. The summed E-state index contributed by atoms with van der Waals surface area (Å²) < 4.78 is 52.3. The first-order valence-corrected chi connectivity index (χ1v) is 12.4. The molecular weight excluding hydrogens is 471 g/mol. The topological polar surface area (TPSA) is 68.5 Å². The van der Waals surface area contributed by atoms with Crippen molar-refractivity contribution >= 4 is 16.9 Å². The number of halogens is 3. The van der Waals surface area contributed by atoms with Crippen LogP contribution in [0.2, 0.25) is 0 Å². The van der Waals surface area contributed by atoms with Gasteiger partial charge in [0.15, 0.2) is 6.61 Å². The fourth-order valence-corrected chi connectivity index (χ4v) is 7.07. The molecule has 3 aromatic rings. The molecule has 4 fully saturated rings. The standard InChI is InChI=1S/C28H26F3NO4/c29-28(30,31)26-24(19-4-2-1-3-5-19)25(34)21-7-6-20(11-22(21)36-26)35-15-23(33)32-27-12-16-8-17(13-27)10-18(9-16)14-27/h1-7,11,16-18H,8-10,12-15H2,(H,32,33). The Labute approximate surface area is 205 Å². The lowest BCUT2D eigenvalue weighted by Crippen LogP contribution is -2.60. The normalized spacial score (nSPS) is 26.8. The molecule has 0 aliphatic heterocycles. The molecule has 4 aliphatic rings. The van der Waals surface area contributed by atoms with Gasteiger partial charge in [-0.2, -0.15) is 13.2 Å². The third-order valence-corrected chi connectivity index (χ3v) is 8.00. The Hall–Kier alpha value is -3.29. The lowest BCUT2D eigenvalue weighted by Gasteiger charge is -2.56. The monoisotopic (exact) mass is 497 g/mol. The van der Waals surface area contributed by atoms with Gasteiger partial charge in [0.1, 0.15) is 11.3 Å². The van der Waals surface area contributed by atoms with Crippen LogP contribution in [0.5, 0.6) is 5.75 Å². The van der Waals surface area contributed by atoms with Crippen molar-refractivity contribution in [1.29, 1.82) is 0 Å². The molecule has 0 atom stereocenters. The quantitative estimate of drug-likeness (QED) is 0.474. The first-order valence-electron chi connectivity index (χ1n) is 12.4. The SMILES string of the molecule is O=C(COc1ccc2c(=O)c(-c3ccccc3)c(C(F)(F)F)oc2c1)NC12CC3CC(CC(C3)C1)C2. The van der Waals surface area contributed by atoms with Crippen molar-refractivity contribution in [2.75, 3.05) is 6.61 Å². The predicted molar refractivity (Wildman–Crippen MR) is 127 cm³/mol. The Kier molecular flexibility index (Phi) is 5.39. The van der Waals surface area contributed by atoms with Crippen molar-refractivity contribution < 1.29 is 27.1 Å². The molecule has 1 N–H and O–H groups in total. The van der Waals surface area contributed by atoms with Gasteiger partial charge in [0.25, 0.3) is 5.91 Å². The van der Waals surface area contributed by atoms with Gasteiger partial charge in [-0.3, -0.25) is 9.59 Å². The summed E-state index contributed by atoms with van der Waals surface area (Å²) in [5.41, 5.74) is -1.57. The molecule has 0 spiro atoms. The number of carbonyl (C=O) groups excluding carboxylic acids is 1. The van der Waals surface area contributed by atoms with Crippen LogP contribution in [0.3, 0.4) is 0 Å². The molecule has 4 saturated carbocycles. The van der Waals surface area contributed by atoms with E-state index in [1.807, 2.05) is 0 Å². The van der Waals surface area contributed by atoms with Crippen molar-refractivity contribution in [2.24, 2.45) is 17.8 Å². The van der Waals surface area contributed by atoms with E-state index in [-0.39, 0.29) is 40.3 Å². The molecule has 8 heteroatoms. The van der Waals surface area contributed by atoms with Gasteiger partial charge >= 0.3 is 6.18 Å². The zero-order valence-electron chi connectivity index (χ0n) is 19.6. The third-order valence-electron chi connectivity index (χ3n) is 8.00. The van der Waals surface area contributed by atoms with E-state index in [9.17, 15) is 22.8 Å². The molecule has 4 bridgehead atoms. The lowest BCUT2D eigenvalue weighted by molar-refractivity contribution is -0.152. The van der Waals surface area contributed by atoms with Crippen molar-refractivity contribution in [3.05, 3.63) is 64.5 Å². The molecule has 1 heterocycles. The maximum Gasteiger partial charge on any atom is 0.450 e. The number of benzene rings is 2. The second-order valence-electron chi connectivity index (χ2n) is 10.7. The van der Waals surface area contributed by atoms with Gasteiger partial charge < -0.3 is 14.5 Å². The molecule has 36 heavy (non-hydrogen) atoms. The van der Waals surface area contributed by atoms with Crippen LogP contribution in [0.1, 0.15) is 44.3 Å². The maximum atomic E-state index is 13.8. The van der Waals surface area contributed by atoms with Crippen molar-refractivity contribution in [1.82, 2.24) is 5.32 Å². The molecule has 7 rings (SSSR count). The smallest absolute Gasteiger partial charge is 0.450 e. The molecule has 0 unspecified atom stereocenters. The minimum Gasteiger partial charge on any atom is -0.484 e. The van der Waals surface area contributed by atoms with Gasteiger partial charge in [-0.15, -0.1) is 0 Å². The number of ether oxygens (including phenoxy) is 1. The van der Waals surface area contributed by atoms with Crippen LogP contribution in [0.15, 0.2) is 57.7 Å². The van der Waals surface area contributed by atoms with Crippen LogP contribution >= 0.6 is 0 Å². The molecule has 0 saturated heterocycles. The van der Waals surface area contributed by atoms with Gasteiger partial charge in [0.2, 0.25) is 11.2 Å². The van der Waals surface area contributed by atoms with E-state index in [2.05, 4.69) is 5.32 Å². The predicted octanol–water partition coefficient (Wildman–Crippen LogP) is 5.94. The van der Waals surface area contributed by atoms with Gasteiger partial charge in [0, 0.05) is 11.6 Å². The van der Waals surface area contributed by atoms with E-state index in [1.165, 1.54) is 49.6 Å². The first-order chi connectivity index (χ1) is 17.2. The maximum absolute atomic E-state index is 13.8. The Balaban J connectivity index is 1.23. The highest BCUT2D eigenvalue weighted by Gasteiger charge is 2.51. The van der Waals surface area contributed by atoms with E-state index < -0.39 is 22.9 Å². The fraction of sp³-hybridized carbons (Fsp3) is 0.429. The highest BCUT2D eigenvalue weighted by atomic mass is 19.4. The second-order valence-corrected chi connectivity index (χ2v) is 10.7. The van der Waals surface area contributed by atoms with E-state index in [0.717, 1.165) is 19.3 Å². The summed E-state index contributed by atoms with van der Waals surface area (Å²) in [6, 6.07) is 11.7. The molecule has 5 nitrogen and oxygen atoms in total. The number of carbonyl (C=O) groups is 1. The summed E-state index contributed by atoms with van der Waals surface area (Å²) in [4.78, 5) is 25.8. The Bertz CT molecular complexity index is 1340. The van der Waals surface area contributed by atoms with Crippen molar-refractivity contribution in [2.45, 2.75) is 50.2 Å². The summed E-state index contributed by atoms with van der Waals surface area (Å²) in [6.07, 6.45) is 1.95. The number of alkyl halides is 3. The molecule has 4 aliphatic carbocycles. The van der Waals surface area contributed by atoms with Gasteiger partial charge in [-0.25, -0.2) is 0 Å².